The summed E-state index contributed by atoms with van der Waals surface area (Å²) in [7, 11) is -4.21. The van der Waals surface area contributed by atoms with Gasteiger partial charge in [-0.2, -0.15) is 0 Å². The van der Waals surface area contributed by atoms with Crippen molar-refractivity contribution in [2.45, 2.75) is 26.7 Å². The number of rotatable bonds is 3. The van der Waals surface area contributed by atoms with Gasteiger partial charge in [0.2, 0.25) is 0 Å². The highest BCUT2D eigenvalue weighted by atomic mass is 31.2. The molecule has 0 unspecified atom stereocenters. The van der Waals surface area contributed by atoms with Gasteiger partial charge in [0, 0.05) is 5.56 Å². The number of terminal acetylenes is 1. The molecule has 0 heterocycles. The third kappa shape index (κ3) is 2.36. The summed E-state index contributed by atoms with van der Waals surface area (Å²) in [5, 5.41) is 0.103. The Morgan fingerprint density at radius 3 is 2.19 bits per heavy atom. The molecule has 0 amide bonds. The maximum Gasteiger partial charge on any atom is 0.356 e. The van der Waals surface area contributed by atoms with Crippen LogP contribution >= 0.6 is 7.60 Å². The van der Waals surface area contributed by atoms with Crippen LogP contribution in [0.25, 0.3) is 0 Å². The highest BCUT2D eigenvalue weighted by Crippen LogP contribution is 2.36. The molecule has 0 aliphatic carbocycles. The lowest BCUT2D eigenvalue weighted by molar-refractivity contribution is 0.387. The summed E-state index contributed by atoms with van der Waals surface area (Å²) in [4.78, 5) is 18.5. The highest BCUT2D eigenvalue weighted by Gasteiger charge is 2.23. The van der Waals surface area contributed by atoms with Crippen LogP contribution in [0.15, 0.2) is 12.1 Å². The summed E-state index contributed by atoms with van der Waals surface area (Å²) in [6, 6.07) is 3.04. The Bertz CT molecular complexity index is 480. The van der Waals surface area contributed by atoms with Gasteiger partial charge in [-0.25, -0.2) is 0 Å². The lowest BCUT2D eigenvalue weighted by Gasteiger charge is -2.15. The molecule has 0 bridgehead atoms. The van der Waals surface area contributed by atoms with E-state index >= 15 is 0 Å². The molecule has 1 aromatic carbocycles. The largest absolute Gasteiger partial charge is 0.356 e. The molecule has 16 heavy (non-hydrogen) atoms. The fraction of sp³-hybridized carbons (Fsp3) is 0.333. The van der Waals surface area contributed by atoms with Crippen LogP contribution in [-0.2, 0) is 17.4 Å². The normalized spacial score (nSPS) is 11.2. The second kappa shape index (κ2) is 4.84. The monoisotopic (exact) mass is 238 g/mol. The second-order valence-corrected chi connectivity index (χ2v) is 5.05. The van der Waals surface area contributed by atoms with Crippen LogP contribution in [0, 0.1) is 12.3 Å². The molecule has 0 aliphatic heterocycles. The predicted octanol–water partition coefficient (Wildman–Crippen LogP) is 1.60. The smallest absolute Gasteiger partial charge is 0.321 e. The molecule has 1 aromatic rings. The molecule has 3 nitrogen and oxygen atoms in total. The van der Waals surface area contributed by atoms with Crippen molar-refractivity contribution < 1.29 is 14.4 Å². The maximum absolute atomic E-state index is 11.3. The van der Waals surface area contributed by atoms with E-state index in [0.29, 0.717) is 18.4 Å². The van der Waals surface area contributed by atoms with Crippen LogP contribution in [0.1, 0.15) is 30.5 Å². The van der Waals surface area contributed by atoms with E-state index < -0.39 is 7.60 Å². The topological polar surface area (TPSA) is 57.5 Å². The summed E-state index contributed by atoms with van der Waals surface area (Å²) < 4.78 is 11.3. The Morgan fingerprint density at radius 1 is 1.25 bits per heavy atom. The zero-order valence-corrected chi connectivity index (χ0v) is 10.3. The molecule has 0 saturated heterocycles. The SMILES string of the molecule is C#Cc1ccc(P(=O)(O)O)c(CC)c1CC. The van der Waals surface area contributed by atoms with Crippen molar-refractivity contribution in [1.29, 1.82) is 0 Å². The zero-order valence-electron chi connectivity index (χ0n) is 9.40. The van der Waals surface area contributed by atoms with Crippen molar-refractivity contribution in [1.82, 2.24) is 0 Å². The number of benzene rings is 1. The van der Waals surface area contributed by atoms with Crippen LogP contribution in [0.2, 0.25) is 0 Å². The Hall–Kier alpha value is -1.07. The quantitative estimate of drug-likeness (QED) is 0.621. The molecule has 0 spiro atoms. The minimum atomic E-state index is -4.21. The zero-order chi connectivity index (χ0) is 12.3. The fourth-order valence-electron chi connectivity index (χ4n) is 1.89. The lowest BCUT2D eigenvalue weighted by atomic mass is 9.97. The van der Waals surface area contributed by atoms with Gasteiger partial charge in [0.1, 0.15) is 0 Å². The van der Waals surface area contributed by atoms with Crippen LogP contribution in [0.5, 0.6) is 0 Å². The first-order chi connectivity index (χ1) is 7.45. The van der Waals surface area contributed by atoms with E-state index in [9.17, 15) is 14.4 Å². The molecule has 4 heteroatoms. The average molecular weight is 238 g/mol. The van der Waals surface area contributed by atoms with Gasteiger partial charge >= 0.3 is 7.60 Å². The van der Waals surface area contributed by atoms with Gasteiger partial charge in [0.25, 0.3) is 0 Å². The molecule has 86 valence electrons. The van der Waals surface area contributed by atoms with Crippen molar-refractivity contribution in [3.63, 3.8) is 0 Å². The summed E-state index contributed by atoms with van der Waals surface area (Å²) >= 11 is 0. The molecule has 0 aromatic heterocycles. The van der Waals surface area contributed by atoms with Gasteiger partial charge < -0.3 is 9.79 Å². The van der Waals surface area contributed by atoms with E-state index in [1.54, 1.807) is 6.07 Å². The minimum absolute atomic E-state index is 0.103. The lowest BCUT2D eigenvalue weighted by Crippen LogP contribution is -2.14. The molecule has 2 N–H and O–H groups in total. The molecule has 0 atom stereocenters. The second-order valence-electron chi connectivity index (χ2n) is 3.48. The molecule has 1 rings (SSSR count). The summed E-state index contributed by atoms with van der Waals surface area (Å²) in [5.41, 5.74) is 2.27. The van der Waals surface area contributed by atoms with Gasteiger partial charge in [-0.1, -0.05) is 19.8 Å². The first-order valence-corrected chi connectivity index (χ1v) is 6.74. The summed E-state index contributed by atoms with van der Waals surface area (Å²) in [6.45, 7) is 3.80. The van der Waals surface area contributed by atoms with E-state index in [1.807, 2.05) is 13.8 Å². The average Bonchev–Trinajstić information content (AvgIpc) is 2.25. The van der Waals surface area contributed by atoms with Gasteiger partial charge in [-0.05, 0) is 36.1 Å². The first-order valence-electron chi connectivity index (χ1n) is 5.13. The van der Waals surface area contributed by atoms with E-state index in [4.69, 9.17) is 6.42 Å². The van der Waals surface area contributed by atoms with Crippen LogP contribution in [0.4, 0.5) is 0 Å². The number of hydrogen-bond acceptors (Lipinski definition) is 1. The van der Waals surface area contributed by atoms with E-state index in [0.717, 1.165) is 11.1 Å². The Balaban J connectivity index is 3.58. The molecule has 0 saturated carbocycles. The van der Waals surface area contributed by atoms with Gasteiger partial charge in [-0.3, -0.25) is 4.57 Å². The Kier molecular flexibility index (Phi) is 3.93. The predicted molar refractivity (Wildman–Crippen MR) is 64.8 cm³/mol. The fourth-order valence-corrected chi connectivity index (χ4v) is 2.80. The molecular formula is C12H15O3P. The first kappa shape index (κ1) is 13.0. The Morgan fingerprint density at radius 2 is 1.81 bits per heavy atom. The van der Waals surface area contributed by atoms with Crippen LogP contribution in [-0.4, -0.2) is 9.79 Å². The maximum atomic E-state index is 11.3. The van der Waals surface area contributed by atoms with E-state index in [2.05, 4.69) is 5.92 Å². The Labute approximate surface area is 95.7 Å². The van der Waals surface area contributed by atoms with Gasteiger partial charge in [-0.15, -0.1) is 6.42 Å². The van der Waals surface area contributed by atoms with Crippen molar-refractivity contribution in [2.24, 2.45) is 0 Å². The summed E-state index contributed by atoms with van der Waals surface area (Å²) in [6.07, 6.45) is 6.61. The molecule has 0 radical (unpaired) electrons. The number of hydrogen-bond donors (Lipinski definition) is 2. The van der Waals surface area contributed by atoms with Gasteiger partial charge in [0.05, 0.1) is 5.30 Å². The molecule has 0 aliphatic rings. The third-order valence-corrected chi connectivity index (χ3v) is 3.63. The third-order valence-electron chi connectivity index (χ3n) is 2.58. The van der Waals surface area contributed by atoms with Crippen molar-refractivity contribution in [2.75, 3.05) is 0 Å². The van der Waals surface area contributed by atoms with Crippen molar-refractivity contribution in [3.8, 4) is 12.3 Å². The minimum Gasteiger partial charge on any atom is -0.321 e. The summed E-state index contributed by atoms with van der Waals surface area (Å²) in [5.74, 6) is 2.55. The standard InChI is InChI=1S/C12H15O3P/c1-4-9-7-8-12(16(13,14)15)11(6-3)10(9)5-2/h1,7-8H,5-6H2,2-3H3,(H2,13,14,15). The highest BCUT2D eigenvalue weighted by molar-refractivity contribution is 7.60. The molecular weight excluding hydrogens is 223 g/mol. The van der Waals surface area contributed by atoms with E-state index in [1.165, 1.54) is 6.07 Å². The van der Waals surface area contributed by atoms with Gasteiger partial charge in [0.15, 0.2) is 0 Å². The van der Waals surface area contributed by atoms with Crippen LogP contribution < -0.4 is 5.30 Å². The van der Waals surface area contributed by atoms with E-state index in [-0.39, 0.29) is 5.30 Å². The van der Waals surface area contributed by atoms with Crippen molar-refractivity contribution >= 4 is 12.9 Å². The molecule has 0 fully saturated rings. The van der Waals surface area contributed by atoms with Crippen LogP contribution in [0.3, 0.4) is 0 Å². The van der Waals surface area contributed by atoms with Crippen molar-refractivity contribution in [3.05, 3.63) is 28.8 Å².